The zero-order valence-electron chi connectivity index (χ0n) is 12.5. The van der Waals surface area contributed by atoms with Crippen LogP contribution >= 0.6 is 0 Å². The van der Waals surface area contributed by atoms with Crippen molar-refractivity contribution in [3.8, 4) is 0 Å². The molecular weight excluding hydrogens is 252 g/mol. The average Bonchev–Trinajstić information content (AvgIpc) is 2.61. The lowest BCUT2D eigenvalue weighted by atomic mass is 9.83. The van der Waals surface area contributed by atoms with Gasteiger partial charge in [-0.25, -0.2) is 4.57 Å². The molecule has 1 aliphatic heterocycles. The number of aryl methyl sites for hydroxylation is 1. The van der Waals surface area contributed by atoms with E-state index in [-0.39, 0.29) is 11.8 Å². The highest BCUT2D eigenvalue weighted by Crippen LogP contribution is 2.37. The lowest BCUT2D eigenvalue weighted by Gasteiger charge is -2.15. The summed E-state index contributed by atoms with van der Waals surface area (Å²) in [5.41, 5.74) is 2.45. The molecule has 4 nitrogen and oxygen atoms in total. The monoisotopic (exact) mass is 275 g/mol. The number of carboxylic acid groups (broad SMARTS) is 1. The second kappa shape index (κ2) is 5.73. The van der Waals surface area contributed by atoms with Crippen molar-refractivity contribution in [1.82, 2.24) is 0 Å². The summed E-state index contributed by atoms with van der Waals surface area (Å²) in [5.74, 6) is 0.355. The molecule has 1 aromatic heterocycles. The molecule has 0 saturated carbocycles. The number of fused-ring (bicyclic) bond motifs is 1. The summed E-state index contributed by atoms with van der Waals surface area (Å²) < 4.78 is 2.19. The Morgan fingerprint density at radius 2 is 2.10 bits per heavy atom. The summed E-state index contributed by atoms with van der Waals surface area (Å²) in [7, 11) is 0. The molecule has 1 aromatic rings. The topological polar surface area (TPSA) is 53.5 Å². The van der Waals surface area contributed by atoms with Crippen LogP contribution < -0.4 is 4.57 Å². The molecule has 0 amide bonds. The number of nitrogens with zero attached hydrogens (tertiary/aromatic N) is 2. The molecule has 1 aliphatic rings. The second-order valence-corrected chi connectivity index (χ2v) is 5.97. The minimum Gasteiger partial charge on any atom is -0.481 e. The molecule has 0 aromatic carbocycles. The molecular formula is C16H23N2O2+. The predicted octanol–water partition coefficient (Wildman–Crippen LogP) is 3.00. The number of unbranched alkanes of at least 4 members (excludes halogenated alkanes) is 2. The quantitative estimate of drug-likeness (QED) is 0.641. The number of carbonyl (C=O) groups is 1. The maximum absolute atomic E-state index is 10.5. The van der Waals surface area contributed by atoms with Gasteiger partial charge in [-0.15, -0.1) is 0 Å². The maximum Gasteiger partial charge on any atom is 0.327 e. The molecule has 2 rings (SSSR count). The normalized spacial score (nSPS) is 15.8. The van der Waals surface area contributed by atoms with Crippen LogP contribution in [0.15, 0.2) is 23.3 Å². The third-order valence-electron chi connectivity index (χ3n) is 4.18. The standard InChI is InChI=1S/C16H22N2O2/c1-12-16(2,3)13-8-7-11-18(15(13)17-12)10-6-4-5-9-14(19)20/h7-8,11H,4-6,9-10H2,1-3H3/p+1. The van der Waals surface area contributed by atoms with Crippen molar-refractivity contribution >= 4 is 17.5 Å². The fraction of sp³-hybridized carbons (Fsp3) is 0.562. The molecule has 108 valence electrons. The molecule has 1 N–H and O–H groups in total. The lowest BCUT2D eigenvalue weighted by molar-refractivity contribution is -0.684. The molecule has 0 radical (unpaired) electrons. The van der Waals surface area contributed by atoms with Gasteiger partial charge in [0, 0.05) is 6.42 Å². The number of aliphatic carboxylic acids is 1. The molecule has 0 unspecified atom stereocenters. The Morgan fingerprint density at radius 1 is 1.35 bits per heavy atom. The van der Waals surface area contributed by atoms with Gasteiger partial charge < -0.3 is 5.11 Å². The van der Waals surface area contributed by atoms with Gasteiger partial charge in [-0.05, 0) is 57.2 Å². The lowest BCUT2D eigenvalue weighted by Crippen LogP contribution is -2.34. The maximum atomic E-state index is 10.5. The third kappa shape index (κ3) is 2.89. The Morgan fingerprint density at radius 3 is 2.80 bits per heavy atom. The summed E-state index contributed by atoms with van der Waals surface area (Å²) in [6.07, 6.45) is 5.01. The fourth-order valence-corrected chi connectivity index (χ4v) is 2.56. The van der Waals surface area contributed by atoms with Crippen LogP contribution in [0.5, 0.6) is 0 Å². The summed E-state index contributed by atoms with van der Waals surface area (Å²) in [6.45, 7) is 7.39. The van der Waals surface area contributed by atoms with Crippen molar-refractivity contribution in [3.63, 3.8) is 0 Å². The van der Waals surface area contributed by atoms with Crippen LogP contribution in [0.3, 0.4) is 0 Å². The van der Waals surface area contributed by atoms with Crippen LogP contribution in [0.1, 0.15) is 52.0 Å². The van der Waals surface area contributed by atoms with Crippen LogP contribution in [0.4, 0.5) is 5.82 Å². The Labute approximate surface area is 120 Å². The van der Waals surface area contributed by atoms with Crippen molar-refractivity contribution in [2.45, 2.75) is 58.4 Å². The molecule has 0 aliphatic carbocycles. The number of hydrogen-bond donors (Lipinski definition) is 1. The van der Waals surface area contributed by atoms with Crippen molar-refractivity contribution < 1.29 is 14.5 Å². The Hall–Kier alpha value is -1.71. The van der Waals surface area contributed by atoms with E-state index in [2.05, 4.69) is 43.7 Å². The van der Waals surface area contributed by atoms with Gasteiger partial charge in [0.05, 0.1) is 23.7 Å². The first-order valence-corrected chi connectivity index (χ1v) is 7.23. The van der Waals surface area contributed by atoms with Crippen molar-refractivity contribution in [2.75, 3.05) is 0 Å². The van der Waals surface area contributed by atoms with E-state index in [4.69, 9.17) is 10.1 Å². The van der Waals surface area contributed by atoms with E-state index in [1.165, 1.54) is 5.56 Å². The number of carboxylic acids is 1. The Balaban J connectivity index is 2.01. The van der Waals surface area contributed by atoms with Crippen molar-refractivity contribution in [1.29, 1.82) is 0 Å². The zero-order chi connectivity index (χ0) is 14.8. The van der Waals surface area contributed by atoms with E-state index >= 15 is 0 Å². The molecule has 4 heteroatoms. The summed E-state index contributed by atoms with van der Waals surface area (Å²) in [4.78, 5) is 15.2. The van der Waals surface area contributed by atoms with Gasteiger partial charge in [-0.2, -0.15) is 0 Å². The minimum absolute atomic E-state index is 0.0155. The zero-order valence-corrected chi connectivity index (χ0v) is 12.5. The molecule has 0 bridgehead atoms. The minimum atomic E-state index is -0.708. The molecule has 0 saturated heterocycles. The highest BCUT2D eigenvalue weighted by atomic mass is 16.4. The highest BCUT2D eigenvalue weighted by molar-refractivity contribution is 5.98. The molecule has 0 fully saturated rings. The van der Waals surface area contributed by atoms with Gasteiger partial charge in [-0.1, -0.05) is 0 Å². The van der Waals surface area contributed by atoms with Crippen LogP contribution in [-0.2, 0) is 16.8 Å². The van der Waals surface area contributed by atoms with E-state index in [0.29, 0.717) is 0 Å². The van der Waals surface area contributed by atoms with Crippen molar-refractivity contribution in [3.05, 3.63) is 23.9 Å². The number of pyridine rings is 1. The van der Waals surface area contributed by atoms with E-state index < -0.39 is 5.97 Å². The van der Waals surface area contributed by atoms with Gasteiger partial charge in [0.25, 0.3) is 0 Å². The summed E-state index contributed by atoms with van der Waals surface area (Å²) in [6, 6.07) is 4.22. The molecule has 0 atom stereocenters. The van der Waals surface area contributed by atoms with Crippen LogP contribution in [0.2, 0.25) is 0 Å². The largest absolute Gasteiger partial charge is 0.481 e. The summed E-state index contributed by atoms with van der Waals surface area (Å²) >= 11 is 0. The highest BCUT2D eigenvalue weighted by Gasteiger charge is 2.40. The molecule has 0 spiro atoms. The van der Waals surface area contributed by atoms with E-state index in [9.17, 15) is 4.79 Å². The SMILES string of the molecule is CC1=Nc2c(ccc[n+]2CCCCCC(=O)O)C1(C)C. The molecule has 2 heterocycles. The van der Waals surface area contributed by atoms with Gasteiger partial charge in [0.15, 0.2) is 0 Å². The van der Waals surface area contributed by atoms with E-state index in [1.807, 2.05) is 0 Å². The van der Waals surface area contributed by atoms with Crippen LogP contribution in [0, 0.1) is 0 Å². The first-order chi connectivity index (χ1) is 9.43. The van der Waals surface area contributed by atoms with Gasteiger partial charge in [0.1, 0.15) is 5.71 Å². The van der Waals surface area contributed by atoms with Crippen LogP contribution in [-0.4, -0.2) is 16.8 Å². The first kappa shape index (κ1) is 14.7. The second-order valence-electron chi connectivity index (χ2n) is 5.97. The van der Waals surface area contributed by atoms with E-state index in [1.54, 1.807) is 0 Å². The third-order valence-corrected chi connectivity index (χ3v) is 4.18. The Bertz CT molecular complexity index is 547. The Kier molecular flexibility index (Phi) is 4.21. The number of aliphatic imine (C=N–C) groups is 1. The predicted molar refractivity (Wildman–Crippen MR) is 78.5 cm³/mol. The smallest absolute Gasteiger partial charge is 0.327 e. The average molecular weight is 275 g/mol. The van der Waals surface area contributed by atoms with Gasteiger partial charge in [-0.3, -0.25) is 4.79 Å². The van der Waals surface area contributed by atoms with Gasteiger partial charge in [0.2, 0.25) is 0 Å². The summed E-state index contributed by atoms with van der Waals surface area (Å²) in [5, 5.41) is 8.62. The van der Waals surface area contributed by atoms with Gasteiger partial charge >= 0.3 is 11.8 Å². The number of aromatic nitrogens is 1. The number of rotatable bonds is 6. The number of hydrogen-bond acceptors (Lipinski definition) is 2. The first-order valence-electron chi connectivity index (χ1n) is 7.23. The molecule has 20 heavy (non-hydrogen) atoms. The fourth-order valence-electron chi connectivity index (χ4n) is 2.56. The van der Waals surface area contributed by atoms with Crippen LogP contribution in [0.25, 0.3) is 0 Å². The van der Waals surface area contributed by atoms with Crippen molar-refractivity contribution in [2.24, 2.45) is 4.99 Å². The van der Waals surface area contributed by atoms with E-state index in [0.717, 1.165) is 37.3 Å².